The number of hydrogen-bond acceptors (Lipinski definition) is 4. The normalized spacial score (nSPS) is 10.2. The van der Waals surface area contributed by atoms with Gasteiger partial charge in [0.15, 0.2) is 0 Å². The molecule has 0 aromatic heterocycles. The number of aryl methyl sites for hydroxylation is 1. The Morgan fingerprint density at radius 2 is 2.05 bits per heavy atom. The van der Waals surface area contributed by atoms with Crippen molar-refractivity contribution in [1.82, 2.24) is 5.32 Å². The van der Waals surface area contributed by atoms with Crippen molar-refractivity contribution in [3.05, 3.63) is 53.1 Å². The van der Waals surface area contributed by atoms with Crippen LogP contribution in [-0.2, 0) is 6.54 Å². The highest BCUT2D eigenvalue weighted by atomic mass is 16.5. The molecular formula is C16H18N2O3. The molecule has 4 N–H and O–H groups in total. The summed E-state index contributed by atoms with van der Waals surface area (Å²) in [7, 11) is 1.55. The van der Waals surface area contributed by atoms with Crippen LogP contribution >= 0.6 is 0 Å². The number of methoxy groups -OCH3 is 1. The minimum absolute atomic E-state index is 0.0262. The van der Waals surface area contributed by atoms with Crippen LogP contribution in [0.15, 0.2) is 36.4 Å². The molecule has 0 spiro atoms. The zero-order valence-corrected chi connectivity index (χ0v) is 12.0. The molecule has 2 rings (SSSR count). The summed E-state index contributed by atoms with van der Waals surface area (Å²) in [5, 5.41) is 12.5. The summed E-state index contributed by atoms with van der Waals surface area (Å²) in [6.07, 6.45) is 0. The summed E-state index contributed by atoms with van der Waals surface area (Å²) in [6, 6.07) is 10.3. The molecule has 0 saturated carbocycles. The number of carbonyl (C=O) groups excluding carboxylic acids is 1. The van der Waals surface area contributed by atoms with Crippen molar-refractivity contribution in [2.24, 2.45) is 0 Å². The summed E-state index contributed by atoms with van der Waals surface area (Å²) >= 11 is 0. The van der Waals surface area contributed by atoms with E-state index >= 15 is 0 Å². The zero-order valence-electron chi connectivity index (χ0n) is 12.0. The van der Waals surface area contributed by atoms with Crippen LogP contribution in [0.1, 0.15) is 21.5 Å². The number of ether oxygens (including phenoxy) is 1. The molecule has 5 heteroatoms. The Labute approximate surface area is 123 Å². The van der Waals surface area contributed by atoms with Gasteiger partial charge in [0.1, 0.15) is 11.5 Å². The van der Waals surface area contributed by atoms with Crippen LogP contribution < -0.4 is 15.8 Å². The second-order valence-electron chi connectivity index (χ2n) is 4.78. The molecule has 21 heavy (non-hydrogen) atoms. The lowest BCUT2D eigenvalue weighted by Crippen LogP contribution is -2.23. The van der Waals surface area contributed by atoms with Gasteiger partial charge in [0.05, 0.1) is 18.4 Å². The summed E-state index contributed by atoms with van der Waals surface area (Å²) in [6.45, 7) is 2.17. The predicted octanol–water partition coefficient (Wildman–Crippen LogP) is 2.22. The highest BCUT2D eigenvalue weighted by molar-refractivity contribution is 5.96. The van der Waals surface area contributed by atoms with Crippen molar-refractivity contribution >= 4 is 11.6 Å². The predicted molar refractivity (Wildman–Crippen MR) is 81.4 cm³/mol. The van der Waals surface area contributed by atoms with Gasteiger partial charge in [0, 0.05) is 6.54 Å². The summed E-state index contributed by atoms with van der Waals surface area (Å²) in [5.74, 6) is 0.241. The summed E-state index contributed by atoms with van der Waals surface area (Å²) < 4.78 is 5.08. The molecule has 0 saturated heterocycles. The molecule has 110 valence electrons. The largest absolute Gasteiger partial charge is 0.507 e. The third-order valence-corrected chi connectivity index (χ3v) is 3.15. The summed E-state index contributed by atoms with van der Waals surface area (Å²) in [5.41, 5.74) is 8.33. The second-order valence-corrected chi connectivity index (χ2v) is 4.78. The number of phenols is 1. The Kier molecular flexibility index (Phi) is 4.33. The highest BCUT2D eigenvalue weighted by Gasteiger charge is 2.11. The fourth-order valence-corrected chi connectivity index (χ4v) is 2.01. The van der Waals surface area contributed by atoms with E-state index in [1.165, 1.54) is 0 Å². The van der Waals surface area contributed by atoms with Crippen LogP contribution in [0.3, 0.4) is 0 Å². The quantitative estimate of drug-likeness (QED) is 0.752. The van der Waals surface area contributed by atoms with Crippen molar-refractivity contribution in [2.75, 3.05) is 12.8 Å². The first kappa shape index (κ1) is 14.7. The van der Waals surface area contributed by atoms with Crippen LogP contribution in [0.4, 0.5) is 5.69 Å². The average molecular weight is 286 g/mol. The minimum Gasteiger partial charge on any atom is -0.507 e. The molecule has 0 radical (unpaired) electrons. The van der Waals surface area contributed by atoms with Gasteiger partial charge in [-0.3, -0.25) is 4.79 Å². The van der Waals surface area contributed by atoms with E-state index < -0.39 is 0 Å². The standard InChI is InChI=1S/C16H18N2O3/c1-10-3-5-12(14(19)7-10)16(20)18-9-11-4-6-15(21-2)13(17)8-11/h3-8,19H,9,17H2,1-2H3,(H,18,20). The maximum Gasteiger partial charge on any atom is 0.255 e. The Morgan fingerprint density at radius 3 is 2.67 bits per heavy atom. The first-order valence-electron chi connectivity index (χ1n) is 6.51. The van der Waals surface area contributed by atoms with Crippen LogP contribution in [0, 0.1) is 6.92 Å². The van der Waals surface area contributed by atoms with E-state index in [1.54, 1.807) is 37.4 Å². The molecule has 0 fully saturated rings. The van der Waals surface area contributed by atoms with E-state index in [4.69, 9.17) is 10.5 Å². The molecule has 5 nitrogen and oxygen atoms in total. The molecule has 0 aliphatic carbocycles. The van der Waals surface area contributed by atoms with Crippen LogP contribution in [0.25, 0.3) is 0 Å². The fraction of sp³-hybridized carbons (Fsp3) is 0.188. The van der Waals surface area contributed by atoms with Crippen molar-refractivity contribution < 1.29 is 14.6 Å². The lowest BCUT2D eigenvalue weighted by Gasteiger charge is -2.09. The van der Waals surface area contributed by atoms with Crippen LogP contribution in [-0.4, -0.2) is 18.1 Å². The zero-order chi connectivity index (χ0) is 15.4. The molecule has 2 aromatic rings. The van der Waals surface area contributed by atoms with Gasteiger partial charge in [0.2, 0.25) is 0 Å². The van der Waals surface area contributed by atoms with Gasteiger partial charge in [-0.25, -0.2) is 0 Å². The van der Waals surface area contributed by atoms with Crippen LogP contribution in [0.5, 0.6) is 11.5 Å². The first-order valence-corrected chi connectivity index (χ1v) is 6.51. The van der Waals surface area contributed by atoms with E-state index in [-0.39, 0.29) is 17.2 Å². The topological polar surface area (TPSA) is 84.6 Å². The van der Waals surface area contributed by atoms with Crippen LogP contribution in [0.2, 0.25) is 0 Å². The average Bonchev–Trinajstić information content (AvgIpc) is 2.45. The van der Waals surface area contributed by atoms with Crippen molar-refractivity contribution in [3.8, 4) is 11.5 Å². The van der Waals surface area contributed by atoms with Gasteiger partial charge in [-0.1, -0.05) is 12.1 Å². The van der Waals surface area contributed by atoms with E-state index in [2.05, 4.69) is 5.32 Å². The molecule has 0 heterocycles. The van der Waals surface area contributed by atoms with E-state index in [0.29, 0.717) is 18.0 Å². The fourth-order valence-electron chi connectivity index (χ4n) is 2.01. The number of nitrogens with two attached hydrogens (primary N) is 1. The Balaban J connectivity index is 2.05. The Morgan fingerprint density at radius 1 is 1.29 bits per heavy atom. The lowest BCUT2D eigenvalue weighted by atomic mass is 10.1. The minimum atomic E-state index is -0.332. The maximum atomic E-state index is 12.0. The van der Waals surface area contributed by atoms with Gasteiger partial charge < -0.3 is 20.9 Å². The molecule has 1 amide bonds. The Hall–Kier alpha value is -2.69. The number of hydrogen-bond donors (Lipinski definition) is 3. The van der Waals surface area contributed by atoms with Crippen molar-refractivity contribution in [2.45, 2.75) is 13.5 Å². The number of anilines is 1. The van der Waals surface area contributed by atoms with Gasteiger partial charge in [-0.05, 0) is 42.3 Å². The monoisotopic (exact) mass is 286 g/mol. The van der Waals surface area contributed by atoms with Gasteiger partial charge in [-0.15, -0.1) is 0 Å². The number of carbonyl (C=O) groups is 1. The number of amides is 1. The SMILES string of the molecule is COc1ccc(CNC(=O)c2ccc(C)cc2O)cc1N. The maximum absolute atomic E-state index is 12.0. The molecule has 0 bridgehead atoms. The molecular weight excluding hydrogens is 268 g/mol. The van der Waals surface area contributed by atoms with E-state index in [1.807, 2.05) is 13.0 Å². The van der Waals surface area contributed by atoms with Gasteiger partial charge >= 0.3 is 0 Å². The molecule has 0 unspecified atom stereocenters. The molecule has 0 atom stereocenters. The lowest BCUT2D eigenvalue weighted by molar-refractivity contribution is 0.0948. The van der Waals surface area contributed by atoms with Crippen molar-refractivity contribution in [1.29, 1.82) is 0 Å². The number of rotatable bonds is 4. The van der Waals surface area contributed by atoms with Crippen molar-refractivity contribution in [3.63, 3.8) is 0 Å². The highest BCUT2D eigenvalue weighted by Crippen LogP contribution is 2.22. The first-order chi connectivity index (χ1) is 10.0. The third kappa shape index (κ3) is 3.45. The van der Waals surface area contributed by atoms with E-state index in [0.717, 1.165) is 11.1 Å². The van der Waals surface area contributed by atoms with Gasteiger partial charge in [-0.2, -0.15) is 0 Å². The number of phenolic OH excluding ortho intramolecular Hbond substituents is 1. The number of benzene rings is 2. The summed E-state index contributed by atoms with van der Waals surface area (Å²) in [4.78, 5) is 12.0. The molecule has 0 aliphatic heterocycles. The number of nitrogens with one attached hydrogen (secondary N) is 1. The molecule has 2 aromatic carbocycles. The molecule has 0 aliphatic rings. The van der Waals surface area contributed by atoms with E-state index in [9.17, 15) is 9.90 Å². The number of aromatic hydroxyl groups is 1. The smallest absolute Gasteiger partial charge is 0.255 e. The number of nitrogen functional groups attached to an aromatic ring is 1. The Bertz CT molecular complexity index is 669. The van der Waals surface area contributed by atoms with Gasteiger partial charge in [0.25, 0.3) is 5.91 Å². The third-order valence-electron chi connectivity index (χ3n) is 3.15. The second kappa shape index (κ2) is 6.17.